The van der Waals surface area contributed by atoms with Crippen LogP contribution in [0, 0.1) is 0 Å². The first-order valence-electron chi connectivity index (χ1n) is 10.3. The normalized spacial score (nSPS) is 10.6. The van der Waals surface area contributed by atoms with Gasteiger partial charge in [0.05, 0.1) is 23.3 Å². The molecule has 6 nitrogen and oxygen atoms in total. The van der Waals surface area contributed by atoms with Gasteiger partial charge in [-0.25, -0.2) is 0 Å². The summed E-state index contributed by atoms with van der Waals surface area (Å²) in [5.41, 5.74) is 9.31. The third-order valence-electron chi connectivity index (χ3n) is 5.04. The molecule has 4 rings (SSSR count). The van der Waals surface area contributed by atoms with Crippen molar-refractivity contribution in [2.75, 3.05) is 12.4 Å². The minimum atomic E-state index is 0.345. The lowest BCUT2D eigenvalue weighted by Crippen LogP contribution is -2.27. The van der Waals surface area contributed by atoms with E-state index in [1.165, 1.54) is 0 Å². The van der Waals surface area contributed by atoms with Crippen molar-refractivity contribution in [3.63, 3.8) is 0 Å². The summed E-state index contributed by atoms with van der Waals surface area (Å²) in [5.74, 6) is 1.94. The molecule has 0 aliphatic carbocycles. The van der Waals surface area contributed by atoms with Crippen LogP contribution in [-0.4, -0.2) is 17.2 Å². The SMILES string of the molecule is COc1cc2nccc(Oc3ccc(NC(=S)NCc4ccccc4)c(Cl)c3)c2cc1CN. The number of hydrogen-bond acceptors (Lipinski definition) is 5. The highest BCUT2D eigenvalue weighted by Crippen LogP contribution is 2.35. The van der Waals surface area contributed by atoms with Crippen LogP contribution < -0.4 is 25.8 Å². The molecule has 4 aromatic rings. The maximum atomic E-state index is 6.49. The summed E-state index contributed by atoms with van der Waals surface area (Å²) in [6.07, 6.45) is 1.69. The first-order valence-corrected chi connectivity index (χ1v) is 11.1. The van der Waals surface area contributed by atoms with Gasteiger partial charge in [0.2, 0.25) is 0 Å². The Bertz CT molecular complexity index is 1280. The van der Waals surface area contributed by atoms with Crippen LogP contribution in [0.4, 0.5) is 5.69 Å². The molecule has 0 aliphatic heterocycles. The number of anilines is 1. The molecule has 0 amide bonds. The number of methoxy groups -OCH3 is 1. The number of nitrogens with zero attached hydrogens (tertiary/aromatic N) is 1. The van der Waals surface area contributed by atoms with Gasteiger partial charge < -0.3 is 25.8 Å². The van der Waals surface area contributed by atoms with E-state index < -0.39 is 0 Å². The molecule has 168 valence electrons. The van der Waals surface area contributed by atoms with Gasteiger partial charge in [0.15, 0.2) is 5.11 Å². The Labute approximate surface area is 202 Å². The molecule has 0 spiro atoms. The topological polar surface area (TPSA) is 81.4 Å². The van der Waals surface area contributed by atoms with Crippen molar-refractivity contribution in [2.45, 2.75) is 13.1 Å². The van der Waals surface area contributed by atoms with E-state index in [4.69, 9.17) is 39.0 Å². The van der Waals surface area contributed by atoms with E-state index in [1.807, 2.05) is 54.6 Å². The average molecular weight is 479 g/mol. The minimum absolute atomic E-state index is 0.345. The fourth-order valence-corrected chi connectivity index (χ4v) is 3.76. The fraction of sp³-hybridized carbons (Fsp3) is 0.120. The van der Waals surface area contributed by atoms with Gasteiger partial charge in [0.25, 0.3) is 0 Å². The number of fused-ring (bicyclic) bond motifs is 1. The molecule has 1 heterocycles. The predicted molar refractivity (Wildman–Crippen MR) is 137 cm³/mol. The van der Waals surface area contributed by atoms with E-state index in [2.05, 4.69) is 15.6 Å². The number of halogens is 1. The number of rotatable bonds is 7. The van der Waals surface area contributed by atoms with E-state index in [-0.39, 0.29) is 0 Å². The molecule has 0 unspecified atom stereocenters. The number of benzene rings is 3. The molecule has 3 aromatic carbocycles. The highest BCUT2D eigenvalue weighted by Gasteiger charge is 2.11. The Hall–Kier alpha value is -3.39. The Morgan fingerprint density at radius 2 is 1.88 bits per heavy atom. The van der Waals surface area contributed by atoms with Crippen LogP contribution in [0.5, 0.6) is 17.2 Å². The molecular weight excluding hydrogens is 456 g/mol. The lowest BCUT2D eigenvalue weighted by atomic mass is 10.1. The molecule has 0 fully saturated rings. The van der Waals surface area contributed by atoms with Crippen LogP contribution in [-0.2, 0) is 13.1 Å². The largest absolute Gasteiger partial charge is 0.496 e. The summed E-state index contributed by atoms with van der Waals surface area (Å²) in [4.78, 5) is 4.41. The molecule has 8 heteroatoms. The van der Waals surface area contributed by atoms with Gasteiger partial charge >= 0.3 is 0 Å². The van der Waals surface area contributed by atoms with Gasteiger partial charge in [-0.15, -0.1) is 0 Å². The minimum Gasteiger partial charge on any atom is -0.496 e. The summed E-state index contributed by atoms with van der Waals surface area (Å²) >= 11 is 11.9. The maximum absolute atomic E-state index is 6.49. The van der Waals surface area contributed by atoms with Crippen molar-refractivity contribution < 1.29 is 9.47 Å². The quantitative estimate of drug-likeness (QED) is 0.297. The number of aromatic nitrogens is 1. The number of nitrogens with one attached hydrogen (secondary N) is 2. The van der Waals surface area contributed by atoms with Crippen LogP contribution in [0.2, 0.25) is 5.02 Å². The third-order valence-corrected chi connectivity index (χ3v) is 5.60. The first-order chi connectivity index (χ1) is 16.1. The Morgan fingerprint density at radius 3 is 2.61 bits per heavy atom. The smallest absolute Gasteiger partial charge is 0.171 e. The van der Waals surface area contributed by atoms with Gasteiger partial charge in [-0.05, 0) is 42.0 Å². The highest BCUT2D eigenvalue weighted by atomic mass is 35.5. The summed E-state index contributed by atoms with van der Waals surface area (Å²) in [7, 11) is 1.61. The zero-order chi connectivity index (χ0) is 23.2. The number of pyridine rings is 1. The predicted octanol–water partition coefficient (Wildman–Crippen LogP) is 5.63. The van der Waals surface area contributed by atoms with Crippen molar-refractivity contribution in [1.82, 2.24) is 10.3 Å². The first kappa shape index (κ1) is 22.8. The van der Waals surface area contributed by atoms with Crippen molar-refractivity contribution >= 4 is 45.5 Å². The maximum Gasteiger partial charge on any atom is 0.171 e. The second-order valence-corrected chi connectivity index (χ2v) is 8.05. The van der Waals surface area contributed by atoms with Crippen LogP contribution in [0.3, 0.4) is 0 Å². The van der Waals surface area contributed by atoms with Crippen LogP contribution in [0.15, 0.2) is 72.9 Å². The van der Waals surface area contributed by atoms with Crippen molar-refractivity contribution in [3.8, 4) is 17.2 Å². The number of hydrogen-bond donors (Lipinski definition) is 3. The molecule has 0 saturated heterocycles. The average Bonchev–Trinajstić information content (AvgIpc) is 2.84. The van der Waals surface area contributed by atoms with E-state index in [0.717, 1.165) is 22.0 Å². The van der Waals surface area contributed by atoms with Gasteiger partial charge in [-0.2, -0.15) is 0 Å². The fourth-order valence-electron chi connectivity index (χ4n) is 3.36. The molecule has 0 aliphatic rings. The lowest BCUT2D eigenvalue weighted by molar-refractivity contribution is 0.410. The van der Waals surface area contributed by atoms with E-state index in [1.54, 1.807) is 25.4 Å². The van der Waals surface area contributed by atoms with Crippen molar-refractivity contribution in [1.29, 1.82) is 0 Å². The van der Waals surface area contributed by atoms with E-state index >= 15 is 0 Å². The summed E-state index contributed by atoms with van der Waals surface area (Å²) in [5, 5.41) is 8.10. The highest BCUT2D eigenvalue weighted by molar-refractivity contribution is 7.80. The second kappa shape index (κ2) is 10.5. The second-order valence-electron chi connectivity index (χ2n) is 7.23. The van der Waals surface area contributed by atoms with Crippen molar-refractivity contribution in [3.05, 3.63) is 89.1 Å². The number of ether oxygens (including phenoxy) is 2. The molecule has 0 saturated carbocycles. The Kier molecular flexibility index (Phi) is 7.24. The van der Waals surface area contributed by atoms with Crippen LogP contribution in [0.25, 0.3) is 10.9 Å². The van der Waals surface area contributed by atoms with Crippen molar-refractivity contribution in [2.24, 2.45) is 5.73 Å². The lowest BCUT2D eigenvalue weighted by Gasteiger charge is -2.14. The Balaban J connectivity index is 1.48. The van der Waals surface area contributed by atoms with Gasteiger partial charge in [0.1, 0.15) is 17.2 Å². The van der Waals surface area contributed by atoms with Gasteiger partial charge in [0, 0.05) is 42.4 Å². The molecular formula is C25H23ClN4O2S. The molecule has 33 heavy (non-hydrogen) atoms. The zero-order valence-corrected chi connectivity index (χ0v) is 19.5. The van der Waals surface area contributed by atoms with Crippen LogP contribution >= 0.6 is 23.8 Å². The third kappa shape index (κ3) is 5.51. The summed E-state index contributed by atoms with van der Waals surface area (Å²) in [6.45, 7) is 0.966. The molecule has 1 aromatic heterocycles. The van der Waals surface area contributed by atoms with Crippen LogP contribution in [0.1, 0.15) is 11.1 Å². The van der Waals surface area contributed by atoms with E-state index in [9.17, 15) is 0 Å². The summed E-state index contributed by atoms with van der Waals surface area (Å²) in [6, 6.07) is 21.0. The Morgan fingerprint density at radius 1 is 1.06 bits per heavy atom. The monoisotopic (exact) mass is 478 g/mol. The summed E-state index contributed by atoms with van der Waals surface area (Å²) < 4.78 is 11.5. The molecule has 0 bridgehead atoms. The molecule has 0 atom stereocenters. The molecule has 0 radical (unpaired) electrons. The number of thiocarbonyl (C=S) groups is 1. The van der Waals surface area contributed by atoms with Gasteiger partial charge in [-0.3, -0.25) is 4.98 Å². The number of nitrogens with two attached hydrogens (primary N) is 1. The van der Waals surface area contributed by atoms with E-state index in [0.29, 0.717) is 46.2 Å². The standard InChI is InChI=1S/C25H23ClN4O2S/c1-31-24-13-22-19(11-17(24)14-27)23(9-10-28-22)32-18-7-8-21(20(26)12-18)30-25(33)29-15-16-5-3-2-4-6-16/h2-13H,14-15,27H2,1H3,(H2,29,30,33). The zero-order valence-electron chi connectivity index (χ0n) is 18.0. The van der Waals surface area contributed by atoms with Gasteiger partial charge in [-0.1, -0.05) is 41.9 Å². The molecule has 4 N–H and O–H groups in total.